The Morgan fingerprint density at radius 2 is 2.00 bits per heavy atom. The lowest BCUT2D eigenvalue weighted by Crippen LogP contribution is -2.10. The number of nitrogen functional groups attached to an aromatic ring is 1. The number of halogens is 4. The highest BCUT2D eigenvalue weighted by Crippen LogP contribution is 2.36. The summed E-state index contributed by atoms with van der Waals surface area (Å²) in [5.41, 5.74) is 5.13. The van der Waals surface area contributed by atoms with E-state index in [1.165, 1.54) is 0 Å². The van der Waals surface area contributed by atoms with E-state index >= 15 is 0 Å². The standard InChI is InChI=1S/C12H9ClF3N5/c13-7-4-2-1-3-6(7)5-21-11-8(10(17)18-19-11)9(20-21)12(14,15)16/h1-4H,5H2,(H3,17,18,19). The molecule has 0 aliphatic rings. The first-order valence-corrected chi connectivity index (χ1v) is 6.26. The lowest BCUT2D eigenvalue weighted by atomic mass is 10.2. The number of aromatic amines is 1. The van der Waals surface area contributed by atoms with E-state index in [9.17, 15) is 13.2 Å². The molecule has 2 aromatic heterocycles. The van der Waals surface area contributed by atoms with Crippen LogP contribution in [-0.2, 0) is 12.7 Å². The minimum atomic E-state index is -4.61. The Morgan fingerprint density at radius 1 is 1.29 bits per heavy atom. The molecule has 0 saturated heterocycles. The normalized spacial score (nSPS) is 12.2. The summed E-state index contributed by atoms with van der Waals surface area (Å²) in [5.74, 6) is -0.164. The fraction of sp³-hybridized carbons (Fsp3) is 0.167. The summed E-state index contributed by atoms with van der Waals surface area (Å²) >= 11 is 6.01. The second kappa shape index (κ2) is 4.66. The molecule has 0 bridgehead atoms. The largest absolute Gasteiger partial charge is 0.435 e. The Hall–Kier alpha value is -2.22. The van der Waals surface area contributed by atoms with Gasteiger partial charge in [-0.3, -0.25) is 5.10 Å². The third kappa shape index (κ3) is 2.31. The predicted molar refractivity (Wildman–Crippen MR) is 71.8 cm³/mol. The zero-order valence-corrected chi connectivity index (χ0v) is 11.2. The van der Waals surface area contributed by atoms with Crippen molar-refractivity contribution in [3.8, 4) is 0 Å². The van der Waals surface area contributed by atoms with Crippen LogP contribution in [0.25, 0.3) is 11.0 Å². The molecule has 5 nitrogen and oxygen atoms in total. The third-order valence-corrected chi connectivity index (χ3v) is 3.39. The second-order valence-electron chi connectivity index (χ2n) is 4.43. The fourth-order valence-corrected chi connectivity index (χ4v) is 2.28. The van der Waals surface area contributed by atoms with Crippen LogP contribution in [-0.4, -0.2) is 20.0 Å². The lowest BCUT2D eigenvalue weighted by molar-refractivity contribution is -0.140. The molecule has 0 fully saturated rings. The lowest BCUT2D eigenvalue weighted by Gasteiger charge is -2.05. The van der Waals surface area contributed by atoms with Crippen LogP contribution in [0.2, 0.25) is 5.02 Å². The number of nitrogens with two attached hydrogens (primary N) is 1. The number of aromatic nitrogens is 4. The van der Waals surface area contributed by atoms with Gasteiger partial charge < -0.3 is 5.73 Å². The minimum absolute atomic E-state index is 0.0414. The average molecular weight is 316 g/mol. The van der Waals surface area contributed by atoms with Crippen molar-refractivity contribution in [3.05, 3.63) is 40.5 Å². The first-order valence-electron chi connectivity index (χ1n) is 5.89. The van der Waals surface area contributed by atoms with Crippen molar-refractivity contribution in [1.29, 1.82) is 0 Å². The summed E-state index contributed by atoms with van der Waals surface area (Å²) < 4.78 is 40.2. The number of hydrogen-bond donors (Lipinski definition) is 2. The number of rotatable bonds is 2. The molecule has 3 aromatic rings. The molecular weight excluding hydrogens is 307 g/mol. The number of anilines is 1. The van der Waals surface area contributed by atoms with E-state index < -0.39 is 11.9 Å². The summed E-state index contributed by atoms with van der Waals surface area (Å²) in [6.45, 7) is 0.0660. The number of H-pyrrole nitrogens is 1. The van der Waals surface area contributed by atoms with Crippen molar-refractivity contribution in [2.45, 2.75) is 12.7 Å². The summed E-state index contributed by atoms with van der Waals surface area (Å²) in [4.78, 5) is 0. The van der Waals surface area contributed by atoms with Gasteiger partial charge in [-0.15, -0.1) is 0 Å². The third-order valence-electron chi connectivity index (χ3n) is 3.02. The van der Waals surface area contributed by atoms with Gasteiger partial charge in [-0.2, -0.15) is 23.4 Å². The van der Waals surface area contributed by atoms with Crippen LogP contribution in [0.5, 0.6) is 0 Å². The van der Waals surface area contributed by atoms with E-state index in [-0.39, 0.29) is 23.4 Å². The summed E-state index contributed by atoms with van der Waals surface area (Å²) in [5, 5.41) is 9.93. The fourth-order valence-electron chi connectivity index (χ4n) is 2.08. The van der Waals surface area contributed by atoms with Crippen molar-refractivity contribution in [2.24, 2.45) is 0 Å². The summed E-state index contributed by atoms with van der Waals surface area (Å²) in [6.07, 6.45) is -4.61. The van der Waals surface area contributed by atoms with Gasteiger partial charge in [-0.25, -0.2) is 4.68 Å². The highest BCUT2D eigenvalue weighted by Gasteiger charge is 2.38. The molecule has 9 heteroatoms. The van der Waals surface area contributed by atoms with Crippen LogP contribution in [0.1, 0.15) is 11.3 Å². The number of fused-ring (bicyclic) bond motifs is 1. The molecule has 0 saturated carbocycles. The molecule has 0 amide bonds. The van der Waals surface area contributed by atoms with Crippen molar-refractivity contribution in [2.75, 3.05) is 5.73 Å². The zero-order chi connectivity index (χ0) is 15.2. The number of nitrogens with one attached hydrogen (secondary N) is 1. The van der Waals surface area contributed by atoms with Gasteiger partial charge >= 0.3 is 6.18 Å². The molecule has 110 valence electrons. The monoisotopic (exact) mass is 315 g/mol. The van der Waals surface area contributed by atoms with Gasteiger partial charge in [0.05, 0.1) is 11.9 Å². The quantitative estimate of drug-likeness (QED) is 0.763. The van der Waals surface area contributed by atoms with Crippen LogP contribution in [0.15, 0.2) is 24.3 Å². The maximum absolute atomic E-state index is 13.0. The Kier molecular flexibility index (Phi) is 3.05. The highest BCUT2D eigenvalue weighted by atomic mass is 35.5. The maximum atomic E-state index is 13.0. The number of benzene rings is 1. The topological polar surface area (TPSA) is 72.5 Å². The number of hydrogen-bond acceptors (Lipinski definition) is 3. The molecule has 0 aliphatic carbocycles. The predicted octanol–water partition coefficient (Wildman–Crippen LogP) is 3.06. The maximum Gasteiger partial charge on any atom is 0.435 e. The van der Waals surface area contributed by atoms with E-state index in [4.69, 9.17) is 17.3 Å². The zero-order valence-electron chi connectivity index (χ0n) is 10.4. The summed E-state index contributed by atoms with van der Waals surface area (Å²) in [7, 11) is 0. The Bertz CT molecular complexity index is 805. The first-order chi connectivity index (χ1) is 9.88. The van der Waals surface area contributed by atoms with Crippen LogP contribution in [0.4, 0.5) is 19.0 Å². The molecule has 2 heterocycles. The number of alkyl halides is 3. The van der Waals surface area contributed by atoms with Gasteiger partial charge in [-0.1, -0.05) is 29.8 Å². The van der Waals surface area contributed by atoms with E-state index in [2.05, 4.69) is 15.3 Å². The van der Waals surface area contributed by atoms with Gasteiger partial charge in [0.15, 0.2) is 11.3 Å². The molecule has 0 unspecified atom stereocenters. The Balaban J connectivity index is 2.14. The highest BCUT2D eigenvalue weighted by molar-refractivity contribution is 6.31. The first kappa shape index (κ1) is 13.7. The van der Waals surface area contributed by atoms with Crippen LogP contribution in [0.3, 0.4) is 0 Å². The minimum Gasteiger partial charge on any atom is -0.383 e. The Labute approximate surface area is 121 Å². The van der Waals surface area contributed by atoms with E-state index in [0.29, 0.717) is 10.6 Å². The molecule has 0 spiro atoms. The van der Waals surface area contributed by atoms with Crippen molar-refractivity contribution in [1.82, 2.24) is 20.0 Å². The van der Waals surface area contributed by atoms with E-state index in [1.54, 1.807) is 24.3 Å². The van der Waals surface area contributed by atoms with Crippen LogP contribution in [0, 0.1) is 0 Å². The molecule has 3 N–H and O–H groups in total. The molecule has 0 radical (unpaired) electrons. The molecular formula is C12H9ClF3N5. The van der Waals surface area contributed by atoms with Crippen molar-refractivity contribution >= 4 is 28.5 Å². The average Bonchev–Trinajstić information content (AvgIpc) is 2.94. The van der Waals surface area contributed by atoms with E-state index in [0.717, 1.165) is 4.68 Å². The SMILES string of the molecule is Nc1[nH]nc2c1c(C(F)(F)F)nn2Cc1ccccc1Cl. The molecule has 0 atom stereocenters. The van der Waals surface area contributed by atoms with Gasteiger partial charge in [0.2, 0.25) is 0 Å². The van der Waals surface area contributed by atoms with Crippen LogP contribution < -0.4 is 5.73 Å². The van der Waals surface area contributed by atoms with Gasteiger partial charge in [0, 0.05) is 5.02 Å². The van der Waals surface area contributed by atoms with Gasteiger partial charge in [-0.05, 0) is 11.6 Å². The molecule has 21 heavy (non-hydrogen) atoms. The molecule has 0 aliphatic heterocycles. The molecule has 3 rings (SSSR count). The summed E-state index contributed by atoms with van der Waals surface area (Å²) in [6, 6.07) is 6.84. The van der Waals surface area contributed by atoms with Gasteiger partial charge in [0.1, 0.15) is 5.82 Å². The van der Waals surface area contributed by atoms with Crippen molar-refractivity contribution in [3.63, 3.8) is 0 Å². The number of nitrogens with zero attached hydrogens (tertiary/aromatic N) is 3. The van der Waals surface area contributed by atoms with Crippen molar-refractivity contribution < 1.29 is 13.2 Å². The van der Waals surface area contributed by atoms with Gasteiger partial charge in [0.25, 0.3) is 0 Å². The van der Waals surface area contributed by atoms with Crippen LogP contribution >= 0.6 is 11.6 Å². The molecule has 1 aromatic carbocycles. The second-order valence-corrected chi connectivity index (χ2v) is 4.84. The Morgan fingerprint density at radius 3 is 2.67 bits per heavy atom. The van der Waals surface area contributed by atoms with E-state index in [1.807, 2.05) is 0 Å². The smallest absolute Gasteiger partial charge is 0.383 e.